The van der Waals surface area contributed by atoms with Gasteiger partial charge in [0.1, 0.15) is 5.71 Å². The van der Waals surface area contributed by atoms with Crippen LogP contribution in [0.5, 0.6) is 0 Å². The lowest BCUT2D eigenvalue weighted by molar-refractivity contribution is 1.06. The average molecular weight is 364 g/mol. The minimum atomic E-state index is 0.857. The fourth-order valence-electron chi connectivity index (χ4n) is 2.94. The van der Waals surface area contributed by atoms with Crippen LogP contribution in [0.3, 0.4) is 0 Å². The molecule has 0 fully saturated rings. The van der Waals surface area contributed by atoms with Crippen LogP contribution in [-0.4, -0.2) is 21.0 Å². The van der Waals surface area contributed by atoms with E-state index in [1.165, 1.54) is 0 Å². The SMILES string of the molecule is C/C(=N\N=C(c1ccccc1)c1ccccc1)c1ccc(-n2ccnc2)cc1. The van der Waals surface area contributed by atoms with Gasteiger partial charge in [-0.05, 0) is 24.6 Å². The van der Waals surface area contributed by atoms with Gasteiger partial charge in [0, 0.05) is 29.2 Å². The van der Waals surface area contributed by atoms with Crippen LogP contribution in [0.1, 0.15) is 23.6 Å². The highest BCUT2D eigenvalue weighted by atomic mass is 15.2. The Morgan fingerprint density at radius 3 is 1.86 bits per heavy atom. The standard InChI is InChI=1S/C24H20N4/c1-19(20-12-14-23(15-13-20)28-17-16-25-18-28)26-27-24(21-8-4-2-5-9-21)22-10-6-3-7-11-22/h2-18H,1H3/b26-19+. The van der Waals surface area contributed by atoms with Crippen LogP contribution in [0, 0.1) is 0 Å². The first-order valence-corrected chi connectivity index (χ1v) is 9.13. The summed E-state index contributed by atoms with van der Waals surface area (Å²) in [4.78, 5) is 4.08. The summed E-state index contributed by atoms with van der Waals surface area (Å²) in [5.74, 6) is 0. The molecule has 0 bridgehead atoms. The maximum atomic E-state index is 4.60. The molecule has 0 aliphatic heterocycles. The van der Waals surface area contributed by atoms with Crippen LogP contribution in [0.25, 0.3) is 5.69 Å². The van der Waals surface area contributed by atoms with E-state index in [2.05, 4.69) is 51.6 Å². The highest BCUT2D eigenvalue weighted by Gasteiger charge is 2.06. The van der Waals surface area contributed by atoms with Crippen LogP contribution in [-0.2, 0) is 0 Å². The zero-order chi connectivity index (χ0) is 19.2. The molecule has 0 amide bonds. The van der Waals surface area contributed by atoms with Crippen LogP contribution in [0.15, 0.2) is 114 Å². The van der Waals surface area contributed by atoms with Crippen LogP contribution in [0.4, 0.5) is 0 Å². The van der Waals surface area contributed by atoms with Crippen LogP contribution in [0.2, 0.25) is 0 Å². The Labute approximate surface area is 164 Å². The molecule has 0 unspecified atom stereocenters. The molecule has 0 aliphatic carbocycles. The molecule has 0 spiro atoms. The van der Waals surface area contributed by atoms with E-state index in [-0.39, 0.29) is 0 Å². The zero-order valence-electron chi connectivity index (χ0n) is 15.6. The van der Waals surface area contributed by atoms with E-state index in [1.54, 1.807) is 12.5 Å². The third kappa shape index (κ3) is 3.96. The lowest BCUT2D eigenvalue weighted by Gasteiger charge is -2.06. The number of rotatable bonds is 5. The van der Waals surface area contributed by atoms with Crippen molar-refractivity contribution in [2.24, 2.45) is 10.2 Å². The minimum absolute atomic E-state index is 0.857. The number of nitrogens with zero attached hydrogens (tertiary/aromatic N) is 4. The van der Waals surface area contributed by atoms with Gasteiger partial charge in [-0.15, -0.1) is 5.10 Å². The van der Waals surface area contributed by atoms with Crippen LogP contribution >= 0.6 is 0 Å². The van der Waals surface area contributed by atoms with Gasteiger partial charge in [-0.3, -0.25) is 0 Å². The maximum absolute atomic E-state index is 4.60. The summed E-state index contributed by atoms with van der Waals surface area (Å²) in [6, 6.07) is 28.5. The molecular weight excluding hydrogens is 344 g/mol. The second-order valence-electron chi connectivity index (χ2n) is 6.38. The first-order chi connectivity index (χ1) is 13.8. The molecule has 4 aromatic rings. The Kier molecular flexibility index (Phi) is 5.20. The highest BCUT2D eigenvalue weighted by molar-refractivity contribution is 6.13. The number of aromatic nitrogens is 2. The zero-order valence-corrected chi connectivity index (χ0v) is 15.6. The molecule has 0 saturated carbocycles. The van der Waals surface area contributed by atoms with E-state index in [1.807, 2.05) is 66.2 Å². The Bertz CT molecular complexity index is 1040. The monoisotopic (exact) mass is 364 g/mol. The molecule has 3 aromatic carbocycles. The Balaban J connectivity index is 1.66. The third-order valence-electron chi connectivity index (χ3n) is 4.48. The van der Waals surface area contributed by atoms with E-state index in [4.69, 9.17) is 0 Å². The van der Waals surface area contributed by atoms with E-state index in [9.17, 15) is 0 Å². The van der Waals surface area contributed by atoms with Crippen molar-refractivity contribution >= 4 is 11.4 Å². The molecular formula is C24H20N4. The van der Waals surface area contributed by atoms with Gasteiger partial charge in [-0.1, -0.05) is 72.8 Å². The fraction of sp³-hybridized carbons (Fsp3) is 0.0417. The average Bonchev–Trinajstić information content (AvgIpc) is 3.30. The first kappa shape index (κ1) is 17.6. The maximum Gasteiger partial charge on any atom is 0.100 e. The number of hydrogen-bond acceptors (Lipinski definition) is 3. The van der Waals surface area contributed by atoms with E-state index in [0.29, 0.717) is 0 Å². The summed E-state index contributed by atoms with van der Waals surface area (Å²) in [5, 5.41) is 9.13. The molecule has 28 heavy (non-hydrogen) atoms. The molecule has 1 heterocycles. The summed E-state index contributed by atoms with van der Waals surface area (Å²) in [7, 11) is 0. The summed E-state index contributed by atoms with van der Waals surface area (Å²) in [6.45, 7) is 1.98. The third-order valence-corrected chi connectivity index (χ3v) is 4.48. The van der Waals surface area contributed by atoms with Crippen molar-refractivity contribution in [1.29, 1.82) is 0 Å². The molecule has 136 valence electrons. The summed E-state index contributed by atoms with van der Waals surface area (Å²) < 4.78 is 1.97. The van der Waals surface area contributed by atoms with Gasteiger partial charge in [0.15, 0.2) is 0 Å². The lowest BCUT2D eigenvalue weighted by atomic mass is 10.0. The summed E-state index contributed by atoms with van der Waals surface area (Å²) in [5.41, 5.74) is 5.90. The number of benzene rings is 3. The van der Waals surface area contributed by atoms with Crippen molar-refractivity contribution in [3.8, 4) is 5.69 Å². The van der Waals surface area contributed by atoms with Gasteiger partial charge in [0.2, 0.25) is 0 Å². The Morgan fingerprint density at radius 2 is 1.32 bits per heavy atom. The predicted octanol–water partition coefficient (Wildman–Crippen LogP) is 5.13. The fourth-order valence-corrected chi connectivity index (χ4v) is 2.94. The van der Waals surface area contributed by atoms with E-state index < -0.39 is 0 Å². The summed E-state index contributed by atoms with van der Waals surface area (Å²) in [6.07, 6.45) is 5.47. The topological polar surface area (TPSA) is 42.5 Å². The van der Waals surface area contributed by atoms with E-state index >= 15 is 0 Å². The van der Waals surface area contributed by atoms with E-state index in [0.717, 1.165) is 33.8 Å². The smallest absolute Gasteiger partial charge is 0.100 e. The molecule has 4 heteroatoms. The van der Waals surface area contributed by atoms with Gasteiger partial charge in [-0.25, -0.2) is 4.98 Å². The molecule has 0 saturated heterocycles. The molecule has 0 radical (unpaired) electrons. The second kappa shape index (κ2) is 8.27. The van der Waals surface area contributed by atoms with Crippen molar-refractivity contribution < 1.29 is 0 Å². The van der Waals surface area contributed by atoms with Gasteiger partial charge in [0.05, 0.1) is 12.0 Å². The number of imidazole rings is 1. The summed E-state index contributed by atoms with van der Waals surface area (Å²) >= 11 is 0. The molecule has 0 atom stereocenters. The van der Waals surface area contributed by atoms with Gasteiger partial charge < -0.3 is 4.57 Å². The van der Waals surface area contributed by atoms with Crippen LogP contribution < -0.4 is 0 Å². The van der Waals surface area contributed by atoms with Gasteiger partial charge in [0.25, 0.3) is 0 Å². The molecule has 0 aliphatic rings. The van der Waals surface area contributed by atoms with Crippen molar-refractivity contribution in [2.75, 3.05) is 0 Å². The minimum Gasteiger partial charge on any atom is -0.306 e. The van der Waals surface area contributed by atoms with Crippen molar-refractivity contribution in [3.05, 3.63) is 120 Å². The lowest BCUT2D eigenvalue weighted by Crippen LogP contribution is -2.03. The normalized spacial score (nSPS) is 11.2. The van der Waals surface area contributed by atoms with Crippen molar-refractivity contribution in [2.45, 2.75) is 6.92 Å². The Morgan fingerprint density at radius 1 is 0.714 bits per heavy atom. The molecule has 0 N–H and O–H groups in total. The molecule has 1 aromatic heterocycles. The van der Waals surface area contributed by atoms with Crippen molar-refractivity contribution in [1.82, 2.24) is 9.55 Å². The number of hydrogen-bond donors (Lipinski definition) is 0. The molecule has 4 nitrogen and oxygen atoms in total. The quantitative estimate of drug-likeness (QED) is 0.357. The van der Waals surface area contributed by atoms with Crippen molar-refractivity contribution in [3.63, 3.8) is 0 Å². The Hall–Kier alpha value is -3.79. The highest BCUT2D eigenvalue weighted by Crippen LogP contribution is 2.13. The van der Waals surface area contributed by atoms with Gasteiger partial charge >= 0.3 is 0 Å². The predicted molar refractivity (Wildman–Crippen MR) is 114 cm³/mol. The first-order valence-electron chi connectivity index (χ1n) is 9.13. The molecule has 4 rings (SSSR count). The largest absolute Gasteiger partial charge is 0.306 e. The van der Waals surface area contributed by atoms with Gasteiger partial charge in [-0.2, -0.15) is 5.10 Å². The second-order valence-corrected chi connectivity index (χ2v) is 6.38.